The molecule has 98 valence electrons. The molecular formula is C12H14Cl2N2OS. The highest BCUT2D eigenvalue weighted by atomic mass is 35.5. The van der Waals surface area contributed by atoms with Gasteiger partial charge in [-0.05, 0) is 18.2 Å². The molecule has 18 heavy (non-hydrogen) atoms. The molecule has 0 radical (unpaired) electrons. The Balaban J connectivity index is 1.86. The average Bonchev–Trinajstić information content (AvgIpc) is 2.41. The van der Waals surface area contributed by atoms with Crippen LogP contribution in [0.25, 0.3) is 0 Å². The molecular weight excluding hydrogens is 291 g/mol. The predicted octanol–water partition coefficient (Wildman–Crippen LogP) is 2.52. The van der Waals surface area contributed by atoms with Crippen molar-refractivity contribution in [2.75, 3.05) is 31.9 Å². The van der Waals surface area contributed by atoms with Crippen LogP contribution in [0.2, 0.25) is 10.0 Å². The molecule has 1 fully saturated rings. The molecule has 1 aromatic carbocycles. The lowest BCUT2D eigenvalue weighted by atomic mass is 10.3. The van der Waals surface area contributed by atoms with Crippen LogP contribution in [0.4, 0.5) is 0 Å². The summed E-state index contributed by atoms with van der Waals surface area (Å²) in [4.78, 5) is 14.8. The molecule has 0 atom stereocenters. The monoisotopic (exact) mass is 304 g/mol. The van der Waals surface area contributed by atoms with E-state index in [2.05, 4.69) is 5.32 Å². The van der Waals surface area contributed by atoms with Gasteiger partial charge >= 0.3 is 0 Å². The molecule has 1 aliphatic heterocycles. The summed E-state index contributed by atoms with van der Waals surface area (Å²) in [7, 11) is 0. The Morgan fingerprint density at radius 1 is 1.28 bits per heavy atom. The first kappa shape index (κ1) is 14.0. The van der Waals surface area contributed by atoms with E-state index in [1.807, 2.05) is 11.0 Å². The van der Waals surface area contributed by atoms with Crippen molar-refractivity contribution in [2.45, 2.75) is 4.90 Å². The summed E-state index contributed by atoms with van der Waals surface area (Å²) >= 11 is 13.3. The number of nitrogens with zero attached hydrogens (tertiary/aromatic N) is 1. The summed E-state index contributed by atoms with van der Waals surface area (Å²) in [6.45, 7) is 3.34. The largest absolute Gasteiger partial charge is 0.339 e. The Hall–Kier alpha value is -0.420. The quantitative estimate of drug-likeness (QED) is 0.871. The molecule has 0 aliphatic carbocycles. The normalized spacial score (nSPS) is 15.8. The number of rotatable bonds is 3. The number of carbonyl (C=O) groups is 1. The summed E-state index contributed by atoms with van der Waals surface area (Å²) in [5.41, 5.74) is 0. The predicted molar refractivity (Wildman–Crippen MR) is 76.6 cm³/mol. The summed E-state index contributed by atoms with van der Waals surface area (Å²) in [6.07, 6.45) is 0. The zero-order chi connectivity index (χ0) is 13.0. The topological polar surface area (TPSA) is 32.3 Å². The third kappa shape index (κ3) is 3.79. The second kappa shape index (κ2) is 6.66. The van der Waals surface area contributed by atoms with Crippen LogP contribution in [-0.2, 0) is 4.79 Å². The number of benzene rings is 1. The van der Waals surface area contributed by atoms with Gasteiger partial charge in [-0.3, -0.25) is 4.79 Å². The molecule has 6 heteroatoms. The first-order valence-corrected chi connectivity index (χ1v) is 7.47. The van der Waals surface area contributed by atoms with E-state index in [1.54, 1.807) is 12.1 Å². The Labute approximate surface area is 121 Å². The van der Waals surface area contributed by atoms with Crippen LogP contribution in [-0.4, -0.2) is 42.7 Å². The maximum Gasteiger partial charge on any atom is 0.233 e. The number of halogens is 2. The SMILES string of the molecule is O=C(CSc1ccc(Cl)c(Cl)c1)N1CCNCC1. The zero-order valence-corrected chi connectivity index (χ0v) is 12.1. The van der Waals surface area contributed by atoms with E-state index >= 15 is 0 Å². The maximum atomic E-state index is 11.9. The smallest absolute Gasteiger partial charge is 0.233 e. The number of amides is 1. The molecule has 1 amide bonds. The van der Waals surface area contributed by atoms with Gasteiger partial charge < -0.3 is 10.2 Å². The molecule has 1 heterocycles. The fourth-order valence-corrected chi connectivity index (χ4v) is 2.92. The minimum absolute atomic E-state index is 0.174. The standard InChI is InChI=1S/C12H14Cl2N2OS/c13-10-2-1-9(7-11(10)14)18-8-12(17)16-5-3-15-4-6-16/h1-2,7,15H,3-6,8H2. The molecule has 1 aliphatic rings. The molecule has 0 bridgehead atoms. The molecule has 0 saturated carbocycles. The van der Waals surface area contributed by atoms with Crippen LogP contribution in [0.1, 0.15) is 0 Å². The van der Waals surface area contributed by atoms with Gasteiger partial charge in [-0.15, -0.1) is 11.8 Å². The van der Waals surface area contributed by atoms with Gasteiger partial charge in [-0.1, -0.05) is 23.2 Å². The van der Waals surface area contributed by atoms with Crippen molar-refractivity contribution < 1.29 is 4.79 Å². The van der Waals surface area contributed by atoms with E-state index in [4.69, 9.17) is 23.2 Å². The van der Waals surface area contributed by atoms with E-state index < -0.39 is 0 Å². The van der Waals surface area contributed by atoms with E-state index in [0.29, 0.717) is 15.8 Å². The van der Waals surface area contributed by atoms with Crippen molar-refractivity contribution in [3.8, 4) is 0 Å². The summed E-state index contributed by atoms with van der Waals surface area (Å²) in [5.74, 6) is 0.616. The van der Waals surface area contributed by atoms with Gasteiger partial charge in [0.2, 0.25) is 5.91 Å². The molecule has 0 aromatic heterocycles. The number of nitrogens with one attached hydrogen (secondary N) is 1. The Kier molecular flexibility index (Phi) is 5.18. The average molecular weight is 305 g/mol. The molecule has 0 unspecified atom stereocenters. The van der Waals surface area contributed by atoms with Crippen LogP contribution in [0.5, 0.6) is 0 Å². The molecule has 2 rings (SSSR count). The minimum atomic E-state index is 0.174. The molecule has 3 nitrogen and oxygen atoms in total. The second-order valence-electron chi connectivity index (χ2n) is 4.00. The summed E-state index contributed by atoms with van der Waals surface area (Å²) in [6, 6.07) is 5.42. The van der Waals surface area contributed by atoms with Crippen LogP contribution in [0.3, 0.4) is 0 Å². The van der Waals surface area contributed by atoms with Gasteiger partial charge in [0.25, 0.3) is 0 Å². The molecule has 1 saturated heterocycles. The number of piperazine rings is 1. The minimum Gasteiger partial charge on any atom is -0.339 e. The lowest BCUT2D eigenvalue weighted by Gasteiger charge is -2.27. The third-order valence-electron chi connectivity index (χ3n) is 2.72. The fraction of sp³-hybridized carbons (Fsp3) is 0.417. The van der Waals surface area contributed by atoms with Crippen molar-refractivity contribution in [3.63, 3.8) is 0 Å². The van der Waals surface area contributed by atoms with Gasteiger partial charge in [0, 0.05) is 31.1 Å². The Morgan fingerprint density at radius 3 is 2.67 bits per heavy atom. The van der Waals surface area contributed by atoms with E-state index in [-0.39, 0.29) is 5.91 Å². The van der Waals surface area contributed by atoms with Crippen molar-refractivity contribution in [3.05, 3.63) is 28.2 Å². The summed E-state index contributed by atoms with van der Waals surface area (Å²) in [5, 5.41) is 4.29. The number of hydrogen-bond acceptors (Lipinski definition) is 3. The second-order valence-corrected chi connectivity index (χ2v) is 5.86. The van der Waals surface area contributed by atoms with Gasteiger partial charge in [-0.25, -0.2) is 0 Å². The van der Waals surface area contributed by atoms with E-state index in [0.717, 1.165) is 31.1 Å². The van der Waals surface area contributed by atoms with Crippen molar-refractivity contribution in [2.24, 2.45) is 0 Å². The first-order valence-electron chi connectivity index (χ1n) is 5.73. The van der Waals surface area contributed by atoms with Gasteiger partial charge in [0.1, 0.15) is 0 Å². The summed E-state index contributed by atoms with van der Waals surface area (Å²) < 4.78 is 0. The molecule has 1 aromatic rings. The van der Waals surface area contributed by atoms with Crippen molar-refractivity contribution in [1.82, 2.24) is 10.2 Å². The van der Waals surface area contributed by atoms with Gasteiger partial charge in [0.05, 0.1) is 15.8 Å². The lowest BCUT2D eigenvalue weighted by Crippen LogP contribution is -2.47. The number of thioether (sulfide) groups is 1. The van der Waals surface area contributed by atoms with Crippen molar-refractivity contribution >= 4 is 40.9 Å². The van der Waals surface area contributed by atoms with Crippen LogP contribution < -0.4 is 5.32 Å². The highest BCUT2D eigenvalue weighted by molar-refractivity contribution is 8.00. The van der Waals surface area contributed by atoms with Crippen molar-refractivity contribution in [1.29, 1.82) is 0 Å². The number of carbonyl (C=O) groups excluding carboxylic acids is 1. The van der Waals surface area contributed by atoms with Crippen LogP contribution >= 0.6 is 35.0 Å². The third-order valence-corrected chi connectivity index (χ3v) is 4.44. The van der Waals surface area contributed by atoms with E-state index in [1.165, 1.54) is 11.8 Å². The first-order chi connectivity index (χ1) is 8.66. The molecule has 0 spiro atoms. The van der Waals surface area contributed by atoms with Gasteiger partial charge in [-0.2, -0.15) is 0 Å². The number of hydrogen-bond donors (Lipinski definition) is 1. The van der Waals surface area contributed by atoms with Crippen LogP contribution in [0.15, 0.2) is 23.1 Å². The Morgan fingerprint density at radius 2 is 2.00 bits per heavy atom. The zero-order valence-electron chi connectivity index (χ0n) is 9.79. The lowest BCUT2D eigenvalue weighted by molar-refractivity contribution is -0.128. The Bertz CT molecular complexity index is 436. The van der Waals surface area contributed by atoms with E-state index in [9.17, 15) is 4.79 Å². The highest BCUT2D eigenvalue weighted by Crippen LogP contribution is 2.28. The molecule has 1 N–H and O–H groups in total. The van der Waals surface area contributed by atoms with Gasteiger partial charge in [0.15, 0.2) is 0 Å². The maximum absolute atomic E-state index is 11.9. The highest BCUT2D eigenvalue weighted by Gasteiger charge is 2.16. The van der Waals surface area contributed by atoms with Crippen LogP contribution in [0, 0.1) is 0 Å². The fourth-order valence-electron chi connectivity index (χ4n) is 1.72.